The van der Waals surface area contributed by atoms with Gasteiger partial charge in [0.15, 0.2) is 0 Å². The minimum Gasteiger partial charge on any atom is -0.462 e. The lowest BCUT2D eigenvalue weighted by molar-refractivity contribution is -0.143. The number of esters is 1. The Morgan fingerprint density at radius 1 is 1.40 bits per heavy atom. The second-order valence-corrected chi connectivity index (χ2v) is 2.38. The summed E-state index contributed by atoms with van der Waals surface area (Å²) in [6, 6.07) is 0. The molecule has 1 saturated heterocycles. The zero-order chi connectivity index (χ0) is 8.15. The summed E-state index contributed by atoms with van der Waals surface area (Å²) in [6.45, 7) is 7.81. The quantitative estimate of drug-likeness (QED) is 0.486. The molecule has 1 heterocycles. The number of carbonyl (C=O) groups excluding carboxylic acids is 1. The first-order valence-electron chi connectivity index (χ1n) is 3.90. The van der Waals surface area contributed by atoms with Gasteiger partial charge in [0.1, 0.15) is 0 Å². The predicted octanol–water partition coefficient (Wildman–Crippen LogP) is 1.98. The van der Waals surface area contributed by atoms with Gasteiger partial charge in [-0.25, -0.2) is 0 Å². The minimum absolute atomic E-state index is 0.0440. The van der Waals surface area contributed by atoms with Gasteiger partial charge in [0, 0.05) is 0 Å². The molecular weight excluding hydrogens is 128 g/mol. The van der Waals surface area contributed by atoms with Crippen molar-refractivity contribution in [2.45, 2.75) is 40.2 Å². The fourth-order valence-electron chi connectivity index (χ4n) is 0.957. The predicted molar refractivity (Wildman–Crippen MR) is 40.7 cm³/mol. The second kappa shape index (κ2) is 4.31. The molecule has 0 radical (unpaired) electrons. The summed E-state index contributed by atoms with van der Waals surface area (Å²) in [4.78, 5) is 10.6. The van der Waals surface area contributed by atoms with Gasteiger partial charge < -0.3 is 4.74 Å². The van der Waals surface area contributed by atoms with Gasteiger partial charge >= 0.3 is 5.97 Å². The van der Waals surface area contributed by atoms with Crippen LogP contribution in [-0.2, 0) is 9.53 Å². The molecular formula is C8H16O2. The highest BCUT2D eigenvalue weighted by atomic mass is 16.5. The number of hydrogen-bond donors (Lipinski definition) is 0. The SMILES string of the molecule is CC.CC1CC(C)C(=O)O1. The lowest BCUT2D eigenvalue weighted by Gasteiger charge is -1.95. The molecule has 60 valence electrons. The largest absolute Gasteiger partial charge is 0.462 e. The van der Waals surface area contributed by atoms with Crippen molar-refractivity contribution in [1.82, 2.24) is 0 Å². The van der Waals surface area contributed by atoms with Gasteiger partial charge in [-0.15, -0.1) is 0 Å². The Labute approximate surface area is 62.6 Å². The van der Waals surface area contributed by atoms with Crippen LogP contribution in [0.1, 0.15) is 34.1 Å². The van der Waals surface area contributed by atoms with Crippen molar-refractivity contribution >= 4 is 5.97 Å². The number of cyclic esters (lactones) is 1. The molecule has 1 aliphatic heterocycles. The van der Waals surface area contributed by atoms with Crippen molar-refractivity contribution in [3.63, 3.8) is 0 Å². The van der Waals surface area contributed by atoms with E-state index in [1.54, 1.807) is 0 Å². The minimum atomic E-state index is -0.0440. The summed E-state index contributed by atoms with van der Waals surface area (Å²) in [5, 5.41) is 0. The summed E-state index contributed by atoms with van der Waals surface area (Å²) >= 11 is 0. The van der Waals surface area contributed by atoms with E-state index in [1.165, 1.54) is 0 Å². The van der Waals surface area contributed by atoms with Gasteiger partial charge in [-0.3, -0.25) is 4.79 Å². The normalized spacial score (nSPS) is 30.6. The van der Waals surface area contributed by atoms with Crippen LogP contribution in [0.15, 0.2) is 0 Å². The molecule has 1 rings (SSSR count). The molecule has 0 aromatic heterocycles. The van der Waals surface area contributed by atoms with E-state index in [4.69, 9.17) is 4.74 Å². The van der Waals surface area contributed by atoms with Crippen molar-refractivity contribution in [2.24, 2.45) is 5.92 Å². The summed E-state index contributed by atoms with van der Waals surface area (Å²) < 4.78 is 4.83. The molecule has 2 atom stereocenters. The van der Waals surface area contributed by atoms with Crippen LogP contribution >= 0.6 is 0 Å². The molecule has 0 N–H and O–H groups in total. The highest BCUT2D eigenvalue weighted by molar-refractivity contribution is 5.73. The summed E-state index contributed by atoms with van der Waals surface area (Å²) in [6.07, 6.45) is 1.04. The molecule has 2 nitrogen and oxygen atoms in total. The van der Waals surface area contributed by atoms with Crippen LogP contribution in [0, 0.1) is 5.92 Å². The van der Waals surface area contributed by atoms with Crippen LogP contribution in [-0.4, -0.2) is 12.1 Å². The Morgan fingerprint density at radius 3 is 2.00 bits per heavy atom. The molecule has 1 aliphatic rings. The highest BCUT2D eigenvalue weighted by Crippen LogP contribution is 2.18. The molecule has 0 spiro atoms. The first kappa shape index (κ1) is 9.47. The van der Waals surface area contributed by atoms with E-state index in [9.17, 15) is 4.79 Å². The third-order valence-corrected chi connectivity index (χ3v) is 1.41. The number of rotatable bonds is 0. The van der Waals surface area contributed by atoms with Gasteiger partial charge in [-0.05, 0) is 13.3 Å². The molecule has 0 aromatic rings. The summed E-state index contributed by atoms with van der Waals surface area (Å²) in [5.74, 6) is 0.0856. The van der Waals surface area contributed by atoms with Crippen LogP contribution < -0.4 is 0 Å². The molecule has 0 aliphatic carbocycles. The van der Waals surface area contributed by atoms with Gasteiger partial charge in [0.05, 0.1) is 12.0 Å². The van der Waals surface area contributed by atoms with E-state index < -0.39 is 0 Å². The van der Waals surface area contributed by atoms with Gasteiger partial charge in [0.25, 0.3) is 0 Å². The summed E-state index contributed by atoms with van der Waals surface area (Å²) in [5.41, 5.74) is 0. The van der Waals surface area contributed by atoms with Gasteiger partial charge in [0.2, 0.25) is 0 Å². The fraction of sp³-hybridized carbons (Fsp3) is 0.875. The Morgan fingerprint density at radius 2 is 1.90 bits per heavy atom. The van der Waals surface area contributed by atoms with E-state index in [1.807, 2.05) is 27.7 Å². The lowest BCUT2D eigenvalue weighted by atomic mass is 10.1. The second-order valence-electron chi connectivity index (χ2n) is 2.38. The van der Waals surface area contributed by atoms with Gasteiger partial charge in [-0.1, -0.05) is 20.8 Å². The van der Waals surface area contributed by atoms with Crippen molar-refractivity contribution < 1.29 is 9.53 Å². The van der Waals surface area contributed by atoms with Crippen LogP contribution in [0.25, 0.3) is 0 Å². The zero-order valence-corrected chi connectivity index (χ0v) is 7.18. The topological polar surface area (TPSA) is 26.3 Å². The van der Waals surface area contributed by atoms with Crippen LogP contribution in [0.4, 0.5) is 0 Å². The van der Waals surface area contributed by atoms with Crippen molar-refractivity contribution in [1.29, 1.82) is 0 Å². The number of ether oxygens (including phenoxy) is 1. The highest BCUT2D eigenvalue weighted by Gasteiger charge is 2.27. The average molecular weight is 144 g/mol. The number of hydrogen-bond acceptors (Lipinski definition) is 2. The fourth-order valence-corrected chi connectivity index (χ4v) is 0.957. The smallest absolute Gasteiger partial charge is 0.309 e. The van der Waals surface area contributed by atoms with Crippen LogP contribution in [0.5, 0.6) is 0 Å². The van der Waals surface area contributed by atoms with E-state index in [-0.39, 0.29) is 18.0 Å². The molecule has 2 heteroatoms. The molecule has 0 bridgehead atoms. The third-order valence-electron chi connectivity index (χ3n) is 1.41. The Balaban J connectivity index is 0.000000371. The van der Waals surface area contributed by atoms with E-state index in [0.29, 0.717) is 0 Å². The van der Waals surface area contributed by atoms with E-state index >= 15 is 0 Å². The Hall–Kier alpha value is -0.530. The van der Waals surface area contributed by atoms with Gasteiger partial charge in [-0.2, -0.15) is 0 Å². The standard InChI is InChI=1S/C6H10O2.C2H6/c1-4-3-5(2)8-6(4)7;1-2/h4-5H,3H2,1-2H3;1-2H3. The first-order valence-corrected chi connectivity index (χ1v) is 3.90. The summed E-state index contributed by atoms with van der Waals surface area (Å²) in [7, 11) is 0. The van der Waals surface area contributed by atoms with Crippen molar-refractivity contribution in [2.75, 3.05) is 0 Å². The van der Waals surface area contributed by atoms with E-state index in [2.05, 4.69) is 0 Å². The lowest BCUT2D eigenvalue weighted by Crippen LogP contribution is -2.02. The molecule has 0 saturated carbocycles. The zero-order valence-electron chi connectivity index (χ0n) is 7.18. The monoisotopic (exact) mass is 144 g/mol. The van der Waals surface area contributed by atoms with Crippen molar-refractivity contribution in [3.05, 3.63) is 0 Å². The maximum atomic E-state index is 10.6. The maximum absolute atomic E-state index is 10.6. The molecule has 0 aromatic carbocycles. The maximum Gasteiger partial charge on any atom is 0.309 e. The molecule has 0 amide bonds. The molecule has 2 unspecified atom stereocenters. The van der Waals surface area contributed by atoms with Crippen LogP contribution in [0.3, 0.4) is 0 Å². The third kappa shape index (κ3) is 2.38. The Bertz CT molecular complexity index is 110. The van der Waals surface area contributed by atoms with Crippen molar-refractivity contribution in [3.8, 4) is 0 Å². The van der Waals surface area contributed by atoms with Crippen LogP contribution in [0.2, 0.25) is 0 Å². The first-order chi connectivity index (χ1) is 4.70. The average Bonchev–Trinajstić information content (AvgIpc) is 2.16. The van der Waals surface area contributed by atoms with E-state index in [0.717, 1.165) is 6.42 Å². The molecule has 10 heavy (non-hydrogen) atoms. The Kier molecular flexibility index (Phi) is 4.08. The number of carbonyl (C=O) groups is 1. The molecule has 1 fully saturated rings.